The molecular formula is C16H23FN2O2. The number of nitrogens with one attached hydrogen (secondary N) is 1. The minimum Gasteiger partial charge on any atom is -0.494 e. The molecule has 5 heteroatoms. The summed E-state index contributed by atoms with van der Waals surface area (Å²) in [4.78, 5) is 14.6. The average molecular weight is 294 g/mol. The molecule has 0 aliphatic carbocycles. The quantitative estimate of drug-likeness (QED) is 0.927. The highest BCUT2D eigenvalue weighted by atomic mass is 19.1. The van der Waals surface area contributed by atoms with E-state index in [0.29, 0.717) is 18.2 Å². The maximum absolute atomic E-state index is 13.5. The molecule has 1 amide bonds. The van der Waals surface area contributed by atoms with E-state index in [4.69, 9.17) is 4.74 Å². The molecule has 4 nitrogen and oxygen atoms in total. The summed E-state index contributed by atoms with van der Waals surface area (Å²) in [6, 6.07) is 4.78. The highest BCUT2D eigenvalue weighted by Crippen LogP contribution is 2.21. The number of ether oxygens (including phenoxy) is 1. The molecule has 2 unspecified atom stereocenters. The second kappa shape index (κ2) is 6.89. The maximum Gasteiger partial charge on any atom is 0.254 e. The lowest BCUT2D eigenvalue weighted by Gasteiger charge is -2.40. The van der Waals surface area contributed by atoms with E-state index in [9.17, 15) is 9.18 Å². The third kappa shape index (κ3) is 3.35. The van der Waals surface area contributed by atoms with E-state index in [1.165, 1.54) is 25.3 Å². The molecule has 1 fully saturated rings. The highest BCUT2D eigenvalue weighted by molar-refractivity contribution is 5.95. The Bertz CT molecular complexity index is 507. The van der Waals surface area contributed by atoms with Gasteiger partial charge in [-0.15, -0.1) is 0 Å². The first-order valence-electron chi connectivity index (χ1n) is 7.48. The van der Waals surface area contributed by atoms with Crippen LogP contribution in [0.1, 0.15) is 37.0 Å². The molecule has 0 aromatic heterocycles. The Morgan fingerprint density at radius 1 is 1.43 bits per heavy atom. The summed E-state index contributed by atoms with van der Waals surface area (Å²) in [6.07, 6.45) is 1.88. The molecular weight excluding hydrogens is 271 g/mol. The van der Waals surface area contributed by atoms with Crippen LogP contribution in [0.2, 0.25) is 0 Å². The zero-order valence-electron chi connectivity index (χ0n) is 12.9. The number of carbonyl (C=O) groups excluding carboxylic acids is 1. The molecule has 0 saturated carbocycles. The Kier molecular flexibility index (Phi) is 5.17. The number of benzene rings is 1. The number of amides is 1. The van der Waals surface area contributed by atoms with E-state index in [0.717, 1.165) is 19.4 Å². The Morgan fingerprint density at radius 2 is 2.19 bits per heavy atom. The van der Waals surface area contributed by atoms with Gasteiger partial charge in [-0.25, -0.2) is 4.39 Å². The fourth-order valence-corrected chi connectivity index (χ4v) is 2.71. The normalized spacial score (nSPS) is 22.2. The molecule has 116 valence electrons. The smallest absolute Gasteiger partial charge is 0.254 e. The summed E-state index contributed by atoms with van der Waals surface area (Å²) < 4.78 is 18.4. The number of methoxy groups -OCH3 is 1. The lowest BCUT2D eigenvalue weighted by Crippen LogP contribution is -2.57. The zero-order chi connectivity index (χ0) is 15.4. The number of piperazine rings is 1. The summed E-state index contributed by atoms with van der Waals surface area (Å²) in [5.74, 6) is -0.399. The summed E-state index contributed by atoms with van der Waals surface area (Å²) in [5.41, 5.74) is 0.475. The van der Waals surface area contributed by atoms with Gasteiger partial charge in [0.05, 0.1) is 7.11 Å². The van der Waals surface area contributed by atoms with Crippen LogP contribution >= 0.6 is 0 Å². The van der Waals surface area contributed by atoms with Gasteiger partial charge in [0.15, 0.2) is 11.6 Å². The van der Waals surface area contributed by atoms with Gasteiger partial charge < -0.3 is 15.0 Å². The fourth-order valence-electron chi connectivity index (χ4n) is 2.71. The third-order valence-corrected chi connectivity index (χ3v) is 4.12. The minimum absolute atomic E-state index is 0.0555. The van der Waals surface area contributed by atoms with E-state index in [-0.39, 0.29) is 17.7 Å². The van der Waals surface area contributed by atoms with E-state index < -0.39 is 5.82 Å². The standard InChI is InChI=1S/C16H23FN2O2/c1-4-12-10-19(13(5-2)9-18-12)16(20)11-6-7-14(17)15(8-11)21-3/h6-8,12-13,18H,4-5,9-10H2,1-3H3. The van der Waals surface area contributed by atoms with Gasteiger partial charge in [-0.1, -0.05) is 13.8 Å². The highest BCUT2D eigenvalue weighted by Gasteiger charge is 2.30. The molecule has 1 saturated heterocycles. The molecule has 0 radical (unpaired) electrons. The van der Waals surface area contributed by atoms with Crippen LogP contribution in [0.4, 0.5) is 4.39 Å². The topological polar surface area (TPSA) is 41.6 Å². The second-order valence-corrected chi connectivity index (χ2v) is 5.38. The first kappa shape index (κ1) is 15.8. The molecule has 0 bridgehead atoms. The van der Waals surface area contributed by atoms with Crippen molar-refractivity contribution in [3.05, 3.63) is 29.6 Å². The Labute approximate surface area is 125 Å². The lowest BCUT2D eigenvalue weighted by atomic mass is 10.0. The first-order chi connectivity index (χ1) is 10.1. The van der Waals surface area contributed by atoms with Crippen LogP contribution in [0.25, 0.3) is 0 Å². The molecule has 0 spiro atoms. The number of hydrogen-bond donors (Lipinski definition) is 1. The predicted molar refractivity (Wildman–Crippen MR) is 80.1 cm³/mol. The number of nitrogens with zero attached hydrogens (tertiary/aromatic N) is 1. The van der Waals surface area contributed by atoms with Gasteiger partial charge in [0.25, 0.3) is 5.91 Å². The molecule has 1 N–H and O–H groups in total. The Hall–Kier alpha value is -1.62. The zero-order valence-corrected chi connectivity index (χ0v) is 12.9. The van der Waals surface area contributed by atoms with Crippen molar-refractivity contribution in [1.29, 1.82) is 0 Å². The SMILES string of the molecule is CCC1CN(C(=O)c2ccc(F)c(OC)c2)C(CC)CN1. The number of carbonyl (C=O) groups is 1. The van der Waals surface area contributed by atoms with Gasteiger partial charge >= 0.3 is 0 Å². The second-order valence-electron chi connectivity index (χ2n) is 5.38. The molecule has 1 aromatic rings. The summed E-state index contributed by atoms with van der Waals surface area (Å²) in [5, 5.41) is 3.46. The third-order valence-electron chi connectivity index (χ3n) is 4.12. The van der Waals surface area contributed by atoms with Crippen molar-refractivity contribution in [1.82, 2.24) is 10.2 Å². The predicted octanol–water partition coefficient (Wildman–Crippen LogP) is 2.44. The van der Waals surface area contributed by atoms with E-state index in [2.05, 4.69) is 19.2 Å². The van der Waals surface area contributed by atoms with Crippen molar-refractivity contribution >= 4 is 5.91 Å². The molecule has 1 aliphatic heterocycles. The number of hydrogen-bond acceptors (Lipinski definition) is 3. The van der Waals surface area contributed by atoms with E-state index >= 15 is 0 Å². The number of rotatable bonds is 4. The van der Waals surface area contributed by atoms with Gasteiger partial charge in [0, 0.05) is 30.7 Å². The Balaban J connectivity index is 2.23. The average Bonchev–Trinajstić information content (AvgIpc) is 2.54. The van der Waals surface area contributed by atoms with Crippen LogP contribution in [0.3, 0.4) is 0 Å². The van der Waals surface area contributed by atoms with Crippen molar-refractivity contribution in [2.24, 2.45) is 0 Å². The number of halogens is 1. The van der Waals surface area contributed by atoms with Gasteiger partial charge in [0.2, 0.25) is 0 Å². The van der Waals surface area contributed by atoms with Gasteiger partial charge in [-0.2, -0.15) is 0 Å². The lowest BCUT2D eigenvalue weighted by molar-refractivity contribution is 0.0575. The largest absolute Gasteiger partial charge is 0.494 e. The fraction of sp³-hybridized carbons (Fsp3) is 0.562. The van der Waals surface area contributed by atoms with Crippen molar-refractivity contribution in [2.45, 2.75) is 38.8 Å². The molecule has 2 rings (SSSR count). The summed E-state index contributed by atoms with van der Waals surface area (Å²) in [7, 11) is 1.40. The van der Waals surface area contributed by atoms with Crippen molar-refractivity contribution in [2.75, 3.05) is 20.2 Å². The van der Waals surface area contributed by atoms with Gasteiger partial charge in [0.1, 0.15) is 0 Å². The molecule has 21 heavy (non-hydrogen) atoms. The molecule has 1 aromatic carbocycles. The van der Waals surface area contributed by atoms with Crippen molar-refractivity contribution < 1.29 is 13.9 Å². The van der Waals surface area contributed by atoms with Crippen LogP contribution in [0, 0.1) is 5.82 Å². The van der Waals surface area contributed by atoms with Crippen LogP contribution < -0.4 is 10.1 Å². The van der Waals surface area contributed by atoms with E-state index in [1.54, 1.807) is 0 Å². The minimum atomic E-state index is -0.451. The molecule has 1 heterocycles. The van der Waals surface area contributed by atoms with Crippen molar-refractivity contribution in [3.8, 4) is 5.75 Å². The summed E-state index contributed by atoms with van der Waals surface area (Å²) in [6.45, 7) is 5.67. The van der Waals surface area contributed by atoms with Gasteiger partial charge in [-0.3, -0.25) is 4.79 Å². The van der Waals surface area contributed by atoms with Crippen LogP contribution in [0.5, 0.6) is 5.75 Å². The van der Waals surface area contributed by atoms with E-state index in [1.807, 2.05) is 4.90 Å². The van der Waals surface area contributed by atoms with Crippen LogP contribution in [-0.2, 0) is 0 Å². The van der Waals surface area contributed by atoms with Gasteiger partial charge in [-0.05, 0) is 31.0 Å². The summed E-state index contributed by atoms with van der Waals surface area (Å²) >= 11 is 0. The molecule has 1 aliphatic rings. The monoisotopic (exact) mass is 294 g/mol. The van der Waals surface area contributed by atoms with Crippen LogP contribution in [0.15, 0.2) is 18.2 Å². The molecule has 2 atom stereocenters. The van der Waals surface area contributed by atoms with Crippen molar-refractivity contribution in [3.63, 3.8) is 0 Å². The first-order valence-corrected chi connectivity index (χ1v) is 7.48. The Morgan fingerprint density at radius 3 is 2.81 bits per heavy atom. The maximum atomic E-state index is 13.5. The van der Waals surface area contributed by atoms with Crippen LogP contribution in [-0.4, -0.2) is 43.1 Å².